The Bertz CT molecular complexity index is 886. The highest BCUT2D eigenvalue weighted by Crippen LogP contribution is 2.39. The Morgan fingerprint density at radius 1 is 0.879 bits per heavy atom. The summed E-state index contributed by atoms with van der Waals surface area (Å²) in [5.41, 5.74) is 1.55. The maximum absolute atomic E-state index is 15.0. The largest absolute Gasteiger partial charge is 0.373 e. The number of ether oxygens (including phenoxy) is 1. The zero-order valence-corrected chi connectivity index (χ0v) is 20.2. The maximum atomic E-state index is 15.0. The first-order valence-corrected chi connectivity index (χ1v) is 13.0. The van der Waals surface area contributed by atoms with Crippen molar-refractivity contribution < 1.29 is 13.5 Å². The smallest absolute Gasteiger partial charge is 0.170 e. The minimum Gasteiger partial charge on any atom is -0.373 e. The van der Waals surface area contributed by atoms with Crippen molar-refractivity contribution >= 4 is 0 Å². The Morgan fingerprint density at radius 2 is 1.61 bits per heavy atom. The van der Waals surface area contributed by atoms with Crippen molar-refractivity contribution in [2.24, 2.45) is 11.8 Å². The summed E-state index contributed by atoms with van der Waals surface area (Å²) in [6.07, 6.45) is 15.8. The average Bonchev–Trinajstić information content (AvgIpc) is 2.86. The Morgan fingerprint density at radius 3 is 2.24 bits per heavy atom. The van der Waals surface area contributed by atoms with E-state index < -0.39 is 11.6 Å². The van der Waals surface area contributed by atoms with Crippen LogP contribution in [0.4, 0.5) is 8.78 Å². The molecule has 2 atom stereocenters. The molecule has 180 valence electrons. The van der Waals surface area contributed by atoms with E-state index in [0.29, 0.717) is 11.5 Å². The fourth-order valence-electron chi connectivity index (χ4n) is 5.56. The molecule has 0 amide bonds. The number of aromatic nitrogens is 2. The molecule has 2 aliphatic rings. The van der Waals surface area contributed by atoms with Crippen LogP contribution in [-0.2, 0) is 4.74 Å². The fourth-order valence-corrected chi connectivity index (χ4v) is 5.56. The van der Waals surface area contributed by atoms with Gasteiger partial charge in [0.1, 0.15) is 0 Å². The van der Waals surface area contributed by atoms with Crippen molar-refractivity contribution in [1.82, 2.24) is 9.97 Å². The molecule has 5 heteroatoms. The summed E-state index contributed by atoms with van der Waals surface area (Å²) in [4.78, 5) is 8.74. The number of halogens is 2. The molecule has 0 N–H and O–H groups in total. The Labute approximate surface area is 197 Å². The first kappa shape index (κ1) is 24.3. The molecule has 2 heterocycles. The predicted molar refractivity (Wildman–Crippen MR) is 128 cm³/mol. The number of rotatable bonds is 8. The van der Waals surface area contributed by atoms with Crippen molar-refractivity contribution in [1.29, 1.82) is 0 Å². The van der Waals surface area contributed by atoms with Gasteiger partial charge in [-0.2, -0.15) is 0 Å². The number of nitrogens with zero attached hydrogens (tertiary/aromatic N) is 2. The minimum atomic E-state index is -0.832. The van der Waals surface area contributed by atoms with Gasteiger partial charge in [0.05, 0.1) is 18.3 Å². The van der Waals surface area contributed by atoms with Gasteiger partial charge in [-0.05, 0) is 74.3 Å². The third-order valence-corrected chi connectivity index (χ3v) is 7.85. The highest BCUT2D eigenvalue weighted by Gasteiger charge is 2.27. The highest BCUT2D eigenvalue weighted by molar-refractivity contribution is 5.57. The first-order chi connectivity index (χ1) is 16.1. The van der Waals surface area contributed by atoms with Gasteiger partial charge in [-0.15, -0.1) is 0 Å². The molecule has 1 aliphatic heterocycles. The van der Waals surface area contributed by atoms with Crippen LogP contribution in [0.25, 0.3) is 11.4 Å². The van der Waals surface area contributed by atoms with Crippen LogP contribution in [0.15, 0.2) is 24.5 Å². The molecule has 0 bridgehead atoms. The van der Waals surface area contributed by atoms with E-state index in [4.69, 9.17) is 4.74 Å². The van der Waals surface area contributed by atoms with E-state index in [-0.39, 0.29) is 23.4 Å². The summed E-state index contributed by atoms with van der Waals surface area (Å²) < 4.78 is 36.1. The number of hydrogen-bond acceptors (Lipinski definition) is 3. The van der Waals surface area contributed by atoms with Crippen LogP contribution in [0.3, 0.4) is 0 Å². The third kappa shape index (κ3) is 5.79. The van der Waals surface area contributed by atoms with Crippen molar-refractivity contribution in [3.63, 3.8) is 0 Å². The summed E-state index contributed by atoms with van der Waals surface area (Å²) in [5.74, 6) is 0.131. The average molecular weight is 457 g/mol. The lowest BCUT2D eigenvalue weighted by Crippen LogP contribution is -2.21. The number of unbranched alkanes of at least 4 members (excludes halogenated alkanes) is 2. The monoisotopic (exact) mass is 456 g/mol. The predicted octanol–water partition coefficient (Wildman–Crippen LogP) is 8.15. The van der Waals surface area contributed by atoms with E-state index in [2.05, 4.69) is 23.8 Å². The van der Waals surface area contributed by atoms with Crippen LogP contribution in [-0.4, -0.2) is 16.6 Å². The molecular weight excluding hydrogens is 418 g/mol. The van der Waals surface area contributed by atoms with Crippen LogP contribution in [0.5, 0.6) is 0 Å². The molecule has 2 unspecified atom stereocenters. The molecule has 3 nitrogen and oxygen atoms in total. The molecule has 2 aromatic rings. The van der Waals surface area contributed by atoms with Crippen molar-refractivity contribution in [2.75, 3.05) is 6.61 Å². The van der Waals surface area contributed by atoms with Gasteiger partial charge in [0.15, 0.2) is 17.5 Å². The number of hydrogen-bond donors (Lipinski definition) is 0. The zero-order chi connectivity index (χ0) is 23.2. The molecule has 2 fully saturated rings. The van der Waals surface area contributed by atoms with E-state index in [9.17, 15) is 8.78 Å². The Balaban J connectivity index is 1.39. The second-order valence-electron chi connectivity index (χ2n) is 10.1. The van der Waals surface area contributed by atoms with E-state index in [0.717, 1.165) is 56.6 Å². The van der Waals surface area contributed by atoms with Gasteiger partial charge in [-0.1, -0.05) is 45.6 Å². The van der Waals surface area contributed by atoms with Crippen molar-refractivity contribution in [3.8, 4) is 11.4 Å². The summed E-state index contributed by atoms with van der Waals surface area (Å²) in [7, 11) is 0. The van der Waals surface area contributed by atoms with E-state index >= 15 is 0 Å². The summed E-state index contributed by atoms with van der Waals surface area (Å²) in [6, 6.07) is 3.39. The van der Waals surface area contributed by atoms with Crippen molar-refractivity contribution in [2.45, 2.75) is 96.5 Å². The molecule has 1 aromatic heterocycles. The molecule has 1 saturated carbocycles. The summed E-state index contributed by atoms with van der Waals surface area (Å²) >= 11 is 0. The quantitative estimate of drug-likeness (QED) is 0.376. The van der Waals surface area contributed by atoms with Crippen LogP contribution in [0.1, 0.15) is 108 Å². The van der Waals surface area contributed by atoms with Gasteiger partial charge in [-0.3, -0.25) is 0 Å². The molecule has 33 heavy (non-hydrogen) atoms. The topological polar surface area (TPSA) is 35.0 Å². The number of benzene rings is 1. The van der Waals surface area contributed by atoms with E-state index in [1.807, 2.05) is 0 Å². The first-order valence-electron chi connectivity index (χ1n) is 13.0. The Kier molecular flexibility index (Phi) is 8.45. The summed E-state index contributed by atoms with van der Waals surface area (Å²) in [6.45, 7) is 5.21. The molecule has 1 aromatic carbocycles. The highest BCUT2D eigenvalue weighted by atomic mass is 19.2. The van der Waals surface area contributed by atoms with Gasteiger partial charge in [0.25, 0.3) is 0 Å². The maximum Gasteiger partial charge on any atom is 0.170 e. The molecule has 1 saturated heterocycles. The Hall–Kier alpha value is -1.88. The van der Waals surface area contributed by atoms with Crippen LogP contribution in [0, 0.1) is 23.5 Å². The molecule has 4 rings (SSSR count). The minimum absolute atomic E-state index is 0.0105. The second-order valence-corrected chi connectivity index (χ2v) is 10.1. The van der Waals surface area contributed by atoms with E-state index in [1.165, 1.54) is 32.1 Å². The fraction of sp³-hybridized carbons (Fsp3) is 0.643. The van der Waals surface area contributed by atoms with Crippen LogP contribution in [0.2, 0.25) is 0 Å². The van der Waals surface area contributed by atoms with E-state index in [1.54, 1.807) is 24.5 Å². The molecule has 1 aliphatic carbocycles. The lowest BCUT2D eigenvalue weighted by Gasteiger charge is -2.29. The molecule has 0 radical (unpaired) electrons. The normalized spacial score (nSPS) is 25.8. The van der Waals surface area contributed by atoms with Crippen LogP contribution < -0.4 is 0 Å². The van der Waals surface area contributed by atoms with Crippen molar-refractivity contribution in [3.05, 3.63) is 47.3 Å². The molecule has 0 spiro atoms. The third-order valence-electron chi connectivity index (χ3n) is 7.85. The van der Waals surface area contributed by atoms with Gasteiger partial charge in [0.2, 0.25) is 0 Å². The van der Waals surface area contributed by atoms with Gasteiger partial charge < -0.3 is 4.74 Å². The zero-order valence-electron chi connectivity index (χ0n) is 20.2. The van der Waals surface area contributed by atoms with Gasteiger partial charge in [0, 0.05) is 18.0 Å². The standard InChI is InChI=1S/C28H38F2N2O/c1-3-5-6-7-20-10-15-25(33-18-20)22-16-31-28(32-17-22)24-14-13-23(26(29)27(24)30)21-11-8-19(4-2)9-12-21/h13-14,16-17,19-21,25H,3-12,15,18H2,1-2H3. The second kappa shape index (κ2) is 11.5. The van der Waals surface area contributed by atoms with Gasteiger partial charge >= 0.3 is 0 Å². The molecular formula is C28H38F2N2O. The summed E-state index contributed by atoms with van der Waals surface area (Å²) in [5, 5.41) is 0. The SMILES string of the molecule is CCCCCC1CCC(c2cnc(-c3ccc(C4CCC(CC)CC4)c(F)c3F)nc2)OC1. The van der Waals surface area contributed by atoms with Gasteiger partial charge in [-0.25, -0.2) is 18.7 Å². The lowest BCUT2D eigenvalue weighted by atomic mass is 9.77. The van der Waals surface area contributed by atoms with Crippen LogP contribution >= 0.6 is 0 Å². The lowest BCUT2D eigenvalue weighted by molar-refractivity contribution is -0.0202.